The predicted molar refractivity (Wildman–Crippen MR) is 81.7 cm³/mol. The van der Waals surface area contributed by atoms with Crippen LogP contribution < -0.4 is 4.43 Å². The van der Waals surface area contributed by atoms with Crippen molar-refractivity contribution in [3.63, 3.8) is 0 Å². The van der Waals surface area contributed by atoms with Gasteiger partial charge in [-0.1, -0.05) is 47.6 Å². The van der Waals surface area contributed by atoms with Gasteiger partial charge in [-0.05, 0) is 47.2 Å². The first-order chi connectivity index (χ1) is 8.00. The third-order valence-electron chi connectivity index (χ3n) is 2.78. The van der Waals surface area contributed by atoms with E-state index in [-0.39, 0.29) is 10.1 Å². The highest BCUT2D eigenvalue weighted by Crippen LogP contribution is 2.42. The van der Waals surface area contributed by atoms with E-state index in [1.807, 2.05) is 0 Å². The van der Waals surface area contributed by atoms with Crippen LogP contribution in [0.3, 0.4) is 0 Å². The zero-order chi connectivity index (χ0) is 14.1. The highest BCUT2D eigenvalue weighted by molar-refractivity contribution is 6.59. The number of rotatable bonds is 2. The summed E-state index contributed by atoms with van der Waals surface area (Å²) in [6.45, 7) is 18.0. The Labute approximate surface area is 114 Å². The van der Waals surface area contributed by atoms with Crippen molar-refractivity contribution in [2.24, 2.45) is 0 Å². The molecule has 0 aliphatic heterocycles. The van der Waals surface area contributed by atoms with Crippen molar-refractivity contribution in [3.05, 3.63) is 29.3 Å². The number of hydrogen-bond acceptors (Lipinski definition) is 1. The Kier molecular flexibility index (Phi) is 4.32. The van der Waals surface area contributed by atoms with Crippen LogP contribution in [-0.2, 0) is 0 Å². The Morgan fingerprint density at radius 3 is 1.50 bits per heavy atom. The molecule has 0 aliphatic carbocycles. The lowest BCUT2D eigenvalue weighted by Crippen LogP contribution is -2.41. The fourth-order valence-electron chi connectivity index (χ4n) is 2.54. The van der Waals surface area contributed by atoms with E-state index in [0.717, 1.165) is 5.75 Å². The minimum atomic E-state index is -0.961. The molecule has 0 bridgehead atoms. The number of aryl methyl sites for hydroxylation is 2. The van der Waals surface area contributed by atoms with Gasteiger partial charge in [-0.3, -0.25) is 0 Å². The van der Waals surface area contributed by atoms with Gasteiger partial charge in [-0.2, -0.15) is 0 Å². The highest BCUT2D eigenvalue weighted by atomic mass is 28.3. The van der Waals surface area contributed by atoms with Gasteiger partial charge < -0.3 is 4.43 Å². The van der Waals surface area contributed by atoms with Crippen LogP contribution in [0.5, 0.6) is 5.75 Å². The summed E-state index contributed by atoms with van der Waals surface area (Å²) in [4.78, 5) is 0. The maximum Gasteiger partial charge on any atom is 0.292 e. The third kappa shape index (κ3) is 4.16. The van der Waals surface area contributed by atoms with Gasteiger partial charge in [0.05, 0.1) is 0 Å². The molecule has 0 N–H and O–H groups in total. The molecular weight excluding hydrogens is 236 g/mol. The van der Waals surface area contributed by atoms with Gasteiger partial charge in [0.1, 0.15) is 5.75 Å². The Hall–Kier alpha value is -0.763. The van der Waals surface area contributed by atoms with Crippen LogP contribution in [0, 0.1) is 13.8 Å². The van der Waals surface area contributed by atoms with Crippen LogP contribution in [0.2, 0.25) is 10.1 Å². The predicted octanol–water partition coefficient (Wildman–Crippen LogP) is 5.27. The molecule has 1 aromatic rings. The van der Waals surface area contributed by atoms with E-state index >= 15 is 0 Å². The van der Waals surface area contributed by atoms with Crippen LogP contribution >= 0.6 is 0 Å². The van der Waals surface area contributed by atoms with Crippen LogP contribution in [-0.4, -0.2) is 9.04 Å². The van der Waals surface area contributed by atoms with Crippen LogP contribution in [0.1, 0.15) is 52.7 Å². The maximum atomic E-state index is 6.41. The topological polar surface area (TPSA) is 9.23 Å². The summed E-state index contributed by atoms with van der Waals surface area (Å²) in [5.41, 5.74) is 2.54. The van der Waals surface area contributed by atoms with E-state index in [1.54, 1.807) is 0 Å². The molecule has 0 heterocycles. The third-order valence-corrected chi connectivity index (χ3v) is 5.94. The smallest absolute Gasteiger partial charge is 0.292 e. The zero-order valence-electron chi connectivity index (χ0n) is 13.1. The first-order valence-corrected chi connectivity index (χ1v) is 8.05. The first kappa shape index (κ1) is 15.3. The first-order valence-electron chi connectivity index (χ1n) is 6.64. The van der Waals surface area contributed by atoms with Gasteiger partial charge in [-0.25, -0.2) is 0 Å². The molecule has 0 atom stereocenters. The molecule has 1 rings (SSSR count). The van der Waals surface area contributed by atoms with E-state index in [1.165, 1.54) is 11.1 Å². The molecule has 0 fully saturated rings. The van der Waals surface area contributed by atoms with Crippen LogP contribution in [0.4, 0.5) is 0 Å². The standard InChI is InChI=1S/C16H27OSi/c1-12-9-13(2)11-14(10-12)17-18(15(3,4)5)16(6,7)8/h9-11H,1-8H3. The number of benzene rings is 1. The van der Waals surface area contributed by atoms with E-state index in [9.17, 15) is 0 Å². The molecule has 0 spiro atoms. The normalized spacial score (nSPS) is 12.9. The monoisotopic (exact) mass is 263 g/mol. The lowest BCUT2D eigenvalue weighted by atomic mass is 10.1. The van der Waals surface area contributed by atoms with Crippen LogP contribution in [0.15, 0.2) is 18.2 Å². The molecule has 1 nitrogen and oxygen atoms in total. The van der Waals surface area contributed by atoms with E-state index in [4.69, 9.17) is 4.43 Å². The summed E-state index contributed by atoms with van der Waals surface area (Å²) in [5.74, 6) is 1.03. The summed E-state index contributed by atoms with van der Waals surface area (Å²) in [6.07, 6.45) is 0. The Morgan fingerprint density at radius 1 is 0.778 bits per heavy atom. The lowest BCUT2D eigenvalue weighted by molar-refractivity contribution is 0.461. The average Bonchev–Trinajstić information content (AvgIpc) is 2.08. The van der Waals surface area contributed by atoms with Gasteiger partial charge >= 0.3 is 0 Å². The maximum absolute atomic E-state index is 6.41. The summed E-state index contributed by atoms with van der Waals surface area (Å²) < 4.78 is 6.41. The summed E-state index contributed by atoms with van der Waals surface area (Å²) in [5, 5.41) is 0.446. The molecule has 0 unspecified atom stereocenters. The molecule has 101 valence electrons. The average molecular weight is 263 g/mol. The molecule has 0 saturated heterocycles. The second kappa shape index (κ2) is 5.08. The van der Waals surface area contributed by atoms with E-state index in [2.05, 4.69) is 73.6 Å². The Bertz CT molecular complexity index is 376. The van der Waals surface area contributed by atoms with E-state index in [0.29, 0.717) is 0 Å². The fourth-order valence-corrected chi connectivity index (χ4v) is 5.76. The lowest BCUT2D eigenvalue weighted by Gasteiger charge is -2.37. The van der Waals surface area contributed by atoms with Crippen molar-refractivity contribution in [3.8, 4) is 5.75 Å². The van der Waals surface area contributed by atoms with Crippen molar-refractivity contribution < 1.29 is 4.43 Å². The van der Waals surface area contributed by atoms with Gasteiger partial charge in [0.2, 0.25) is 0 Å². The van der Waals surface area contributed by atoms with Crippen molar-refractivity contribution in [1.29, 1.82) is 0 Å². The molecule has 18 heavy (non-hydrogen) atoms. The van der Waals surface area contributed by atoms with Gasteiger partial charge in [0.15, 0.2) is 0 Å². The molecule has 0 aromatic heterocycles. The van der Waals surface area contributed by atoms with Gasteiger partial charge in [0, 0.05) is 0 Å². The summed E-state index contributed by atoms with van der Waals surface area (Å²) in [7, 11) is -0.961. The SMILES string of the molecule is Cc1cc(C)cc(O[Si](C(C)(C)C)C(C)(C)C)c1. The summed E-state index contributed by atoms with van der Waals surface area (Å²) in [6, 6.07) is 6.48. The zero-order valence-corrected chi connectivity index (χ0v) is 14.1. The van der Waals surface area contributed by atoms with Crippen molar-refractivity contribution >= 4 is 9.04 Å². The molecule has 1 aromatic carbocycles. The fraction of sp³-hybridized carbons (Fsp3) is 0.625. The number of hydrogen-bond donors (Lipinski definition) is 0. The summed E-state index contributed by atoms with van der Waals surface area (Å²) >= 11 is 0. The second-order valence-corrected chi connectivity index (χ2v) is 11.1. The molecular formula is C16H27OSi. The quantitative estimate of drug-likeness (QED) is 0.660. The van der Waals surface area contributed by atoms with E-state index < -0.39 is 9.04 Å². The highest BCUT2D eigenvalue weighted by Gasteiger charge is 2.41. The van der Waals surface area contributed by atoms with Crippen LogP contribution in [0.25, 0.3) is 0 Å². The van der Waals surface area contributed by atoms with Gasteiger partial charge in [0.25, 0.3) is 9.04 Å². The molecule has 0 saturated carbocycles. The van der Waals surface area contributed by atoms with Crippen molar-refractivity contribution in [2.75, 3.05) is 0 Å². The van der Waals surface area contributed by atoms with Crippen molar-refractivity contribution in [2.45, 2.75) is 65.5 Å². The molecule has 0 amide bonds. The molecule has 2 heteroatoms. The molecule has 1 radical (unpaired) electrons. The van der Waals surface area contributed by atoms with Gasteiger partial charge in [-0.15, -0.1) is 0 Å². The Balaban J connectivity index is 3.04. The second-order valence-electron chi connectivity index (χ2n) is 7.25. The molecule has 0 aliphatic rings. The van der Waals surface area contributed by atoms with Crippen molar-refractivity contribution in [1.82, 2.24) is 0 Å². The Morgan fingerprint density at radius 2 is 1.17 bits per heavy atom. The minimum absolute atomic E-state index is 0.223. The minimum Gasteiger partial charge on any atom is -0.541 e. The largest absolute Gasteiger partial charge is 0.541 e.